The molecule has 1 aliphatic rings. The van der Waals surface area contributed by atoms with Crippen LogP contribution in [0.1, 0.15) is 12.5 Å². The highest BCUT2D eigenvalue weighted by Gasteiger charge is 2.29. The first-order chi connectivity index (χ1) is 13.9. The smallest absolute Gasteiger partial charge is 0.246 e. The summed E-state index contributed by atoms with van der Waals surface area (Å²) in [4.78, 5) is 14.1. The van der Waals surface area contributed by atoms with E-state index in [1.54, 1.807) is 11.0 Å². The molecule has 0 saturated carbocycles. The summed E-state index contributed by atoms with van der Waals surface area (Å²) < 4.78 is 45.0. The van der Waals surface area contributed by atoms with E-state index in [4.69, 9.17) is 4.74 Å². The Morgan fingerprint density at radius 3 is 2.24 bits per heavy atom. The molecular weight excluding hydrogens is 395 g/mol. The molecule has 0 N–H and O–H groups in total. The highest BCUT2D eigenvalue weighted by molar-refractivity contribution is 7.89. The second kappa shape index (κ2) is 9.19. The van der Waals surface area contributed by atoms with Gasteiger partial charge >= 0.3 is 0 Å². The van der Waals surface area contributed by atoms with E-state index < -0.39 is 15.8 Å². The van der Waals surface area contributed by atoms with Crippen molar-refractivity contribution in [3.8, 4) is 5.75 Å². The van der Waals surface area contributed by atoms with Gasteiger partial charge in [-0.05, 0) is 55.0 Å². The third-order valence-electron chi connectivity index (χ3n) is 4.61. The average Bonchev–Trinajstić information content (AvgIpc) is 2.73. The normalized spacial score (nSPS) is 15.6. The molecule has 0 atom stereocenters. The predicted octanol–water partition coefficient (Wildman–Crippen LogP) is 2.77. The van der Waals surface area contributed by atoms with Gasteiger partial charge in [0.2, 0.25) is 15.9 Å². The largest absolute Gasteiger partial charge is 0.494 e. The molecule has 29 heavy (non-hydrogen) atoms. The molecule has 2 aromatic rings. The van der Waals surface area contributed by atoms with E-state index in [0.29, 0.717) is 19.7 Å². The van der Waals surface area contributed by atoms with Crippen LogP contribution in [0, 0.1) is 5.82 Å². The maximum atomic E-state index is 13.0. The molecule has 1 fully saturated rings. The van der Waals surface area contributed by atoms with Gasteiger partial charge in [0.25, 0.3) is 0 Å². The van der Waals surface area contributed by atoms with Crippen molar-refractivity contribution in [2.45, 2.75) is 11.8 Å². The van der Waals surface area contributed by atoms with Crippen LogP contribution in [-0.4, -0.2) is 56.3 Å². The molecule has 1 amide bonds. The number of carbonyl (C=O) groups is 1. The molecule has 8 heteroatoms. The van der Waals surface area contributed by atoms with E-state index in [2.05, 4.69) is 0 Å². The lowest BCUT2D eigenvalue weighted by molar-refractivity contribution is -0.127. The second-order valence-corrected chi connectivity index (χ2v) is 8.46. The number of amides is 1. The zero-order chi connectivity index (χ0) is 20.9. The van der Waals surface area contributed by atoms with Crippen molar-refractivity contribution in [1.29, 1.82) is 0 Å². The first kappa shape index (κ1) is 21.0. The van der Waals surface area contributed by atoms with Gasteiger partial charge < -0.3 is 9.64 Å². The Hall–Kier alpha value is -2.71. The summed E-state index contributed by atoms with van der Waals surface area (Å²) in [6, 6.07) is 12.2. The Balaban J connectivity index is 1.57. The number of ether oxygens (including phenoxy) is 1. The minimum atomic E-state index is -3.69. The molecule has 0 bridgehead atoms. The fourth-order valence-corrected chi connectivity index (χ4v) is 4.44. The molecule has 0 radical (unpaired) electrons. The van der Waals surface area contributed by atoms with E-state index in [0.717, 1.165) is 23.4 Å². The van der Waals surface area contributed by atoms with Crippen LogP contribution in [0.5, 0.6) is 5.75 Å². The fourth-order valence-electron chi connectivity index (χ4n) is 3.02. The molecule has 0 unspecified atom stereocenters. The van der Waals surface area contributed by atoms with Crippen LogP contribution < -0.4 is 4.74 Å². The predicted molar refractivity (Wildman–Crippen MR) is 108 cm³/mol. The van der Waals surface area contributed by atoms with Gasteiger partial charge in [-0.25, -0.2) is 12.8 Å². The Labute approximate surface area is 170 Å². The van der Waals surface area contributed by atoms with Crippen LogP contribution in [0.2, 0.25) is 0 Å². The summed E-state index contributed by atoms with van der Waals surface area (Å²) in [7, 11) is -3.69. The summed E-state index contributed by atoms with van der Waals surface area (Å²) >= 11 is 0. The quantitative estimate of drug-likeness (QED) is 0.677. The number of sulfonamides is 1. The molecule has 1 saturated heterocycles. The number of hydrogen-bond donors (Lipinski definition) is 0. The number of hydrogen-bond acceptors (Lipinski definition) is 4. The molecule has 154 valence electrons. The monoisotopic (exact) mass is 418 g/mol. The fraction of sp³-hybridized carbons (Fsp3) is 0.286. The van der Waals surface area contributed by atoms with Crippen molar-refractivity contribution >= 4 is 22.0 Å². The maximum Gasteiger partial charge on any atom is 0.246 e. The van der Waals surface area contributed by atoms with Crippen molar-refractivity contribution < 1.29 is 22.3 Å². The molecule has 1 heterocycles. The van der Waals surface area contributed by atoms with Gasteiger partial charge in [-0.3, -0.25) is 4.79 Å². The van der Waals surface area contributed by atoms with Gasteiger partial charge in [-0.15, -0.1) is 0 Å². The molecule has 0 spiro atoms. The van der Waals surface area contributed by atoms with Crippen molar-refractivity contribution in [2.75, 3.05) is 32.8 Å². The van der Waals surface area contributed by atoms with Gasteiger partial charge in [-0.2, -0.15) is 4.31 Å². The van der Waals surface area contributed by atoms with Crippen molar-refractivity contribution in [1.82, 2.24) is 9.21 Å². The van der Waals surface area contributed by atoms with E-state index in [-0.39, 0.29) is 23.9 Å². The Morgan fingerprint density at radius 2 is 1.66 bits per heavy atom. The minimum Gasteiger partial charge on any atom is -0.494 e. The molecular formula is C21H23FN2O4S. The Bertz CT molecular complexity index is 965. The Morgan fingerprint density at radius 1 is 1.03 bits per heavy atom. The zero-order valence-corrected chi connectivity index (χ0v) is 16.9. The van der Waals surface area contributed by atoms with Gasteiger partial charge in [0.05, 0.1) is 11.5 Å². The molecule has 0 aliphatic carbocycles. The highest BCUT2D eigenvalue weighted by Crippen LogP contribution is 2.18. The van der Waals surface area contributed by atoms with E-state index in [9.17, 15) is 17.6 Å². The lowest BCUT2D eigenvalue weighted by atomic mass is 10.2. The standard InChI is InChI=1S/C21H23FN2O4S/c1-2-28-19-8-3-17(4-9-19)5-12-21(25)23-13-15-24(16-14-23)29(26,27)20-10-6-18(22)7-11-20/h3-12H,2,13-16H2,1H3/b12-5+. The zero-order valence-electron chi connectivity index (χ0n) is 16.1. The van der Waals surface area contributed by atoms with Gasteiger partial charge in [0.1, 0.15) is 11.6 Å². The number of halogens is 1. The first-order valence-electron chi connectivity index (χ1n) is 9.35. The summed E-state index contributed by atoms with van der Waals surface area (Å²) in [5, 5.41) is 0. The highest BCUT2D eigenvalue weighted by atomic mass is 32.2. The summed E-state index contributed by atoms with van der Waals surface area (Å²) in [6.45, 7) is 3.50. The first-order valence-corrected chi connectivity index (χ1v) is 10.8. The van der Waals surface area contributed by atoms with E-state index in [1.807, 2.05) is 31.2 Å². The number of rotatable bonds is 6. The van der Waals surface area contributed by atoms with E-state index >= 15 is 0 Å². The van der Waals surface area contributed by atoms with Crippen LogP contribution in [0.4, 0.5) is 4.39 Å². The van der Waals surface area contributed by atoms with Crippen LogP contribution in [0.25, 0.3) is 6.08 Å². The van der Waals surface area contributed by atoms with Gasteiger partial charge in [0, 0.05) is 32.3 Å². The second-order valence-electron chi connectivity index (χ2n) is 6.52. The Kier molecular flexibility index (Phi) is 6.66. The summed E-state index contributed by atoms with van der Waals surface area (Å²) in [6.07, 6.45) is 3.21. The van der Waals surface area contributed by atoms with Crippen molar-refractivity contribution in [3.05, 3.63) is 66.0 Å². The van der Waals surface area contributed by atoms with Crippen LogP contribution in [-0.2, 0) is 14.8 Å². The molecule has 1 aliphatic heterocycles. The van der Waals surface area contributed by atoms with Gasteiger partial charge in [0.15, 0.2) is 0 Å². The summed E-state index contributed by atoms with van der Waals surface area (Å²) in [5.74, 6) is 0.117. The third-order valence-corrected chi connectivity index (χ3v) is 6.52. The van der Waals surface area contributed by atoms with E-state index in [1.165, 1.54) is 22.5 Å². The molecule has 2 aromatic carbocycles. The number of piperazine rings is 1. The third kappa shape index (κ3) is 5.21. The molecule has 6 nitrogen and oxygen atoms in total. The lowest BCUT2D eigenvalue weighted by Gasteiger charge is -2.33. The number of nitrogens with zero attached hydrogens (tertiary/aromatic N) is 2. The molecule has 0 aromatic heterocycles. The van der Waals surface area contributed by atoms with Gasteiger partial charge in [-0.1, -0.05) is 12.1 Å². The number of benzene rings is 2. The van der Waals surface area contributed by atoms with Crippen LogP contribution in [0.3, 0.4) is 0 Å². The maximum absolute atomic E-state index is 13.0. The molecule has 3 rings (SSSR count). The lowest BCUT2D eigenvalue weighted by Crippen LogP contribution is -2.50. The topological polar surface area (TPSA) is 66.9 Å². The average molecular weight is 418 g/mol. The number of carbonyl (C=O) groups excluding carboxylic acids is 1. The van der Waals surface area contributed by atoms with Crippen LogP contribution >= 0.6 is 0 Å². The van der Waals surface area contributed by atoms with Crippen molar-refractivity contribution in [3.63, 3.8) is 0 Å². The van der Waals surface area contributed by atoms with Crippen molar-refractivity contribution in [2.24, 2.45) is 0 Å². The SMILES string of the molecule is CCOc1ccc(/C=C/C(=O)N2CCN(S(=O)(=O)c3ccc(F)cc3)CC2)cc1. The minimum absolute atomic E-state index is 0.0501. The van der Waals surface area contributed by atoms with Crippen LogP contribution in [0.15, 0.2) is 59.5 Å². The summed E-state index contributed by atoms with van der Waals surface area (Å²) in [5.41, 5.74) is 0.874.